The van der Waals surface area contributed by atoms with E-state index in [1.54, 1.807) is 0 Å². The molecule has 0 bridgehead atoms. The van der Waals surface area contributed by atoms with E-state index in [-0.39, 0.29) is 12.1 Å². The van der Waals surface area contributed by atoms with Gasteiger partial charge in [0.25, 0.3) is 0 Å². The number of methoxy groups -OCH3 is 1. The molecule has 3 aliphatic rings. The molecule has 25 heavy (non-hydrogen) atoms. The maximum atomic E-state index is 14.3. The maximum absolute atomic E-state index is 14.3. The number of amides is 1. The molecule has 9 heteroatoms. The number of ether oxygens (including phenoxy) is 1. The normalized spacial score (nSPS) is 36.8. The third-order valence-corrected chi connectivity index (χ3v) is 5.43. The number of halogens is 1. The van der Waals surface area contributed by atoms with Gasteiger partial charge in [-0.05, 0) is 32.1 Å². The summed E-state index contributed by atoms with van der Waals surface area (Å²) >= 11 is 0. The van der Waals surface area contributed by atoms with Crippen molar-refractivity contribution >= 4 is 11.9 Å². The number of rotatable bonds is 4. The average Bonchev–Trinajstić information content (AvgIpc) is 3.17. The van der Waals surface area contributed by atoms with Crippen LogP contribution in [0.1, 0.15) is 32.1 Å². The summed E-state index contributed by atoms with van der Waals surface area (Å²) in [4.78, 5) is 26.7. The summed E-state index contributed by atoms with van der Waals surface area (Å²) in [6.07, 6.45) is 1.98. The van der Waals surface area contributed by atoms with Crippen LogP contribution in [-0.4, -0.2) is 68.1 Å². The van der Waals surface area contributed by atoms with Gasteiger partial charge < -0.3 is 15.4 Å². The van der Waals surface area contributed by atoms with Crippen molar-refractivity contribution in [3.8, 4) is 0 Å². The Hall–Kier alpha value is -1.29. The monoisotopic (exact) mass is 357 g/mol. The number of hydrazine groups is 1. The highest BCUT2D eigenvalue weighted by atomic mass is 19.1. The number of hydrogen-bond donors (Lipinski definition) is 4. The minimum absolute atomic E-state index is 0.186. The second-order valence-electron chi connectivity index (χ2n) is 7.02. The quantitative estimate of drug-likeness (QED) is 0.491. The largest absolute Gasteiger partial charge is 0.469 e. The second-order valence-corrected chi connectivity index (χ2v) is 7.02. The molecule has 2 aliphatic heterocycles. The lowest BCUT2D eigenvalue weighted by Crippen LogP contribution is -2.63. The summed E-state index contributed by atoms with van der Waals surface area (Å²) in [7, 11) is 1.29. The molecule has 5 unspecified atom stereocenters. The van der Waals surface area contributed by atoms with E-state index in [4.69, 9.17) is 4.74 Å². The Morgan fingerprint density at radius 3 is 2.68 bits per heavy atom. The molecule has 3 rings (SSSR count). The van der Waals surface area contributed by atoms with Gasteiger partial charge in [-0.3, -0.25) is 14.5 Å². The molecule has 1 amide bonds. The van der Waals surface area contributed by atoms with Crippen LogP contribution in [0.15, 0.2) is 0 Å². The molecule has 0 spiro atoms. The van der Waals surface area contributed by atoms with E-state index in [0.717, 1.165) is 26.2 Å². The standard InChI is InChI=1S/C16H28FN5O3/c1-25-16(24)10-3-2-4-11(17)14(10)19-15(23)12-5-6-13(21-20-12)22-8-7-18-9-22/h10-14,18,20-21H,2-9H2,1H3,(H,19,23). The maximum Gasteiger partial charge on any atom is 0.310 e. The van der Waals surface area contributed by atoms with Crippen LogP contribution in [0, 0.1) is 5.92 Å². The van der Waals surface area contributed by atoms with E-state index < -0.39 is 30.1 Å². The van der Waals surface area contributed by atoms with Gasteiger partial charge in [-0.15, -0.1) is 0 Å². The molecule has 3 fully saturated rings. The molecule has 0 aromatic rings. The summed E-state index contributed by atoms with van der Waals surface area (Å²) in [5.74, 6) is -1.34. The van der Waals surface area contributed by atoms with Crippen LogP contribution < -0.4 is 21.5 Å². The van der Waals surface area contributed by atoms with Crippen molar-refractivity contribution in [3.63, 3.8) is 0 Å². The van der Waals surface area contributed by atoms with Crippen molar-refractivity contribution < 1.29 is 18.7 Å². The first-order valence-corrected chi connectivity index (χ1v) is 9.08. The van der Waals surface area contributed by atoms with Gasteiger partial charge in [0.2, 0.25) is 5.91 Å². The van der Waals surface area contributed by atoms with Crippen LogP contribution in [-0.2, 0) is 14.3 Å². The smallest absolute Gasteiger partial charge is 0.310 e. The molecule has 0 radical (unpaired) electrons. The lowest BCUT2D eigenvalue weighted by atomic mass is 9.83. The highest BCUT2D eigenvalue weighted by Crippen LogP contribution is 2.28. The van der Waals surface area contributed by atoms with Crippen LogP contribution in [0.5, 0.6) is 0 Å². The molecule has 0 aromatic carbocycles. The topological polar surface area (TPSA) is 94.7 Å². The van der Waals surface area contributed by atoms with E-state index in [0.29, 0.717) is 25.7 Å². The molecule has 8 nitrogen and oxygen atoms in total. The third-order valence-electron chi connectivity index (χ3n) is 5.43. The van der Waals surface area contributed by atoms with E-state index in [2.05, 4.69) is 26.4 Å². The Labute approximate surface area is 147 Å². The Morgan fingerprint density at radius 1 is 1.20 bits per heavy atom. The van der Waals surface area contributed by atoms with Crippen LogP contribution in [0.25, 0.3) is 0 Å². The van der Waals surface area contributed by atoms with Gasteiger partial charge in [0.1, 0.15) is 12.2 Å². The van der Waals surface area contributed by atoms with Gasteiger partial charge in [-0.25, -0.2) is 15.2 Å². The number of carbonyl (C=O) groups excluding carboxylic acids is 2. The molecule has 0 aromatic heterocycles. The van der Waals surface area contributed by atoms with Crippen LogP contribution in [0.2, 0.25) is 0 Å². The summed E-state index contributed by atoms with van der Waals surface area (Å²) < 4.78 is 19.1. The predicted octanol–water partition coefficient (Wildman–Crippen LogP) is -0.772. The Bertz CT molecular complexity index is 480. The van der Waals surface area contributed by atoms with Gasteiger partial charge >= 0.3 is 5.97 Å². The van der Waals surface area contributed by atoms with Crippen molar-refractivity contribution in [2.45, 2.75) is 56.5 Å². The fourth-order valence-electron chi connectivity index (χ4n) is 3.94. The Morgan fingerprint density at radius 2 is 2.04 bits per heavy atom. The molecule has 1 aliphatic carbocycles. The van der Waals surface area contributed by atoms with Crippen molar-refractivity contribution in [1.82, 2.24) is 26.4 Å². The SMILES string of the molecule is COC(=O)C1CCCC(F)C1NC(=O)C1CCC(N2CCNC2)NN1. The van der Waals surface area contributed by atoms with E-state index in [1.807, 2.05) is 0 Å². The van der Waals surface area contributed by atoms with Crippen molar-refractivity contribution in [2.75, 3.05) is 26.9 Å². The number of nitrogens with zero attached hydrogens (tertiary/aromatic N) is 1. The van der Waals surface area contributed by atoms with Crippen molar-refractivity contribution in [2.24, 2.45) is 5.92 Å². The molecule has 5 atom stereocenters. The molecule has 2 saturated heterocycles. The first kappa shape index (κ1) is 18.5. The minimum Gasteiger partial charge on any atom is -0.469 e. The van der Waals surface area contributed by atoms with Crippen LogP contribution in [0.4, 0.5) is 4.39 Å². The summed E-state index contributed by atoms with van der Waals surface area (Å²) in [6.45, 7) is 2.78. The van der Waals surface area contributed by atoms with E-state index in [9.17, 15) is 14.0 Å². The van der Waals surface area contributed by atoms with Crippen molar-refractivity contribution in [1.29, 1.82) is 0 Å². The highest BCUT2D eigenvalue weighted by Gasteiger charge is 2.41. The number of esters is 1. The zero-order chi connectivity index (χ0) is 17.8. The van der Waals surface area contributed by atoms with Gasteiger partial charge in [-0.1, -0.05) is 0 Å². The molecule has 4 N–H and O–H groups in total. The minimum atomic E-state index is -1.22. The molecule has 1 saturated carbocycles. The lowest BCUT2D eigenvalue weighted by molar-refractivity contribution is -0.149. The number of nitrogens with one attached hydrogen (secondary N) is 4. The first-order chi connectivity index (χ1) is 12.1. The van der Waals surface area contributed by atoms with Gasteiger partial charge in [0.05, 0.1) is 25.2 Å². The van der Waals surface area contributed by atoms with Crippen molar-refractivity contribution in [3.05, 3.63) is 0 Å². The predicted molar refractivity (Wildman–Crippen MR) is 88.8 cm³/mol. The molecule has 142 valence electrons. The Kier molecular flexibility index (Phi) is 6.21. The molecular formula is C16H28FN5O3. The zero-order valence-electron chi connectivity index (χ0n) is 14.6. The summed E-state index contributed by atoms with van der Waals surface area (Å²) in [5, 5.41) is 6.02. The zero-order valence-corrected chi connectivity index (χ0v) is 14.6. The number of carbonyl (C=O) groups is 2. The molecular weight excluding hydrogens is 329 g/mol. The molecule has 2 heterocycles. The number of alkyl halides is 1. The van der Waals surface area contributed by atoms with Crippen LogP contribution >= 0.6 is 0 Å². The van der Waals surface area contributed by atoms with Crippen LogP contribution in [0.3, 0.4) is 0 Å². The fourth-order valence-corrected chi connectivity index (χ4v) is 3.94. The van der Waals surface area contributed by atoms with E-state index >= 15 is 0 Å². The number of hydrogen-bond acceptors (Lipinski definition) is 7. The highest BCUT2D eigenvalue weighted by molar-refractivity contribution is 5.83. The summed E-state index contributed by atoms with van der Waals surface area (Å²) in [6, 6.07) is -1.24. The second kappa shape index (κ2) is 8.39. The van der Waals surface area contributed by atoms with Gasteiger partial charge in [-0.2, -0.15) is 0 Å². The van der Waals surface area contributed by atoms with Gasteiger partial charge in [0, 0.05) is 19.8 Å². The van der Waals surface area contributed by atoms with Gasteiger partial charge in [0.15, 0.2) is 0 Å². The lowest BCUT2D eigenvalue weighted by Gasteiger charge is -2.37. The fraction of sp³-hybridized carbons (Fsp3) is 0.875. The summed E-state index contributed by atoms with van der Waals surface area (Å²) in [5.41, 5.74) is 6.21. The third kappa shape index (κ3) is 4.28. The first-order valence-electron chi connectivity index (χ1n) is 9.08. The average molecular weight is 357 g/mol. The Balaban J connectivity index is 1.53. The van der Waals surface area contributed by atoms with E-state index in [1.165, 1.54) is 7.11 Å².